The number of nitrogen functional groups attached to an aromatic ring is 1. The number of benzene rings is 2. The van der Waals surface area contributed by atoms with E-state index in [1.807, 2.05) is 0 Å². The molecule has 1 amide bonds. The number of thiazole rings is 1. The molecule has 192 valence electrons. The van der Waals surface area contributed by atoms with Crippen LogP contribution in [0.4, 0.5) is 32.9 Å². The largest absolute Gasteiger partial charge is 0.417 e. The summed E-state index contributed by atoms with van der Waals surface area (Å²) in [6.45, 7) is 4.21. The van der Waals surface area contributed by atoms with Gasteiger partial charge >= 0.3 is 6.18 Å². The summed E-state index contributed by atoms with van der Waals surface area (Å²) >= 11 is 0.756. The summed E-state index contributed by atoms with van der Waals surface area (Å²) in [7, 11) is 1.62. The minimum absolute atomic E-state index is 0.0668. The van der Waals surface area contributed by atoms with E-state index in [1.54, 1.807) is 16.8 Å². The SMILES string of the molecule is C=CC(=O)N1CCC(N(C)c2ncnc3c(F)c(-c4ccc(F)c5sc(N)nc45)c(C(F)(F)F)cc23)C1. The molecule has 7 nitrogen and oxygen atoms in total. The summed E-state index contributed by atoms with van der Waals surface area (Å²) in [5, 5.41) is -0.217. The first-order chi connectivity index (χ1) is 17.5. The number of amides is 1. The Hall–Kier alpha value is -3.87. The molecule has 1 aliphatic heterocycles. The maximum atomic E-state index is 16.0. The first-order valence-electron chi connectivity index (χ1n) is 11.0. The number of likely N-dealkylation sites (tertiary alicyclic amines) is 1. The molecule has 0 bridgehead atoms. The molecule has 0 aliphatic carbocycles. The molecule has 0 saturated carbocycles. The maximum absolute atomic E-state index is 16.0. The van der Waals surface area contributed by atoms with Crippen molar-refractivity contribution in [3.8, 4) is 11.1 Å². The number of hydrogen-bond acceptors (Lipinski definition) is 7. The van der Waals surface area contributed by atoms with Crippen LogP contribution in [0.25, 0.3) is 32.2 Å². The molecule has 0 radical (unpaired) electrons. The molecule has 5 rings (SSSR count). The predicted molar refractivity (Wildman–Crippen MR) is 131 cm³/mol. The number of fused-ring (bicyclic) bond motifs is 2. The van der Waals surface area contributed by atoms with E-state index < -0.39 is 28.9 Å². The molecule has 0 spiro atoms. The number of alkyl halides is 3. The average Bonchev–Trinajstić information content (AvgIpc) is 3.50. The van der Waals surface area contributed by atoms with Crippen molar-refractivity contribution >= 4 is 49.3 Å². The van der Waals surface area contributed by atoms with Crippen LogP contribution < -0.4 is 10.6 Å². The third-order valence-electron chi connectivity index (χ3n) is 6.47. The van der Waals surface area contributed by atoms with Gasteiger partial charge in [-0.2, -0.15) is 13.2 Å². The van der Waals surface area contributed by atoms with Gasteiger partial charge in [0.05, 0.1) is 15.8 Å². The summed E-state index contributed by atoms with van der Waals surface area (Å²) in [5.74, 6) is -2.14. The Kier molecular flexibility index (Phi) is 5.97. The van der Waals surface area contributed by atoms with Crippen LogP contribution in [0.2, 0.25) is 0 Å². The van der Waals surface area contributed by atoms with Crippen LogP contribution in [0.5, 0.6) is 0 Å². The van der Waals surface area contributed by atoms with Crippen molar-refractivity contribution < 1.29 is 26.7 Å². The van der Waals surface area contributed by atoms with Crippen molar-refractivity contribution in [2.45, 2.75) is 18.6 Å². The molecule has 4 aromatic rings. The number of nitrogens with zero attached hydrogens (tertiary/aromatic N) is 5. The van der Waals surface area contributed by atoms with Gasteiger partial charge in [0.15, 0.2) is 10.9 Å². The third-order valence-corrected chi connectivity index (χ3v) is 7.36. The number of carbonyl (C=O) groups is 1. The minimum atomic E-state index is -4.97. The van der Waals surface area contributed by atoms with E-state index in [9.17, 15) is 22.4 Å². The highest BCUT2D eigenvalue weighted by atomic mass is 32.1. The molecule has 2 aromatic heterocycles. The van der Waals surface area contributed by atoms with E-state index in [2.05, 4.69) is 21.5 Å². The fraction of sp³-hybridized carbons (Fsp3) is 0.250. The number of carbonyl (C=O) groups excluding carboxylic acids is 1. The van der Waals surface area contributed by atoms with Crippen molar-refractivity contribution in [3.63, 3.8) is 0 Å². The lowest BCUT2D eigenvalue weighted by Crippen LogP contribution is -2.36. The number of aromatic nitrogens is 3. The van der Waals surface area contributed by atoms with Crippen LogP contribution >= 0.6 is 11.3 Å². The van der Waals surface area contributed by atoms with Gasteiger partial charge in [0.2, 0.25) is 5.91 Å². The van der Waals surface area contributed by atoms with Crippen molar-refractivity contribution in [1.29, 1.82) is 0 Å². The zero-order valence-corrected chi connectivity index (χ0v) is 20.1. The fourth-order valence-corrected chi connectivity index (χ4v) is 5.43. The van der Waals surface area contributed by atoms with Gasteiger partial charge in [-0.25, -0.2) is 23.7 Å². The molecule has 13 heteroatoms. The summed E-state index contributed by atoms with van der Waals surface area (Å²) in [6.07, 6.45) is -2.18. The molecule has 1 unspecified atom stereocenters. The minimum Gasteiger partial charge on any atom is -0.375 e. The molecule has 1 saturated heterocycles. The van der Waals surface area contributed by atoms with Crippen molar-refractivity contribution in [1.82, 2.24) is 19.9 Å². The number of hydrogen-bond donors (Lipinski definition) is 1. The van der Waals surface area contributed by atoms with Crippen LogP contribution in [0.15, 0.2) is 37.2 Å². The number of nitrogens with two attached hydrogens (primary N) is 1. The normalized spacial score (nSPS) is 16.1. The van der Waals surface area contributed by atoms with E-state index in [0.717, 1.165) is 35.9 Å². The topological polar surface area (TPSA) is 88.2 Å². The second-order valence-electron chi connectivity index (χ2n) is 8.57. The molecule has 1 atom stereocenters. The van der Waals surface area contributed by atoms with Crippen LogP contribution in [-0.4, -0.2) is 51.9 Å². The highest BCUT2D eigenvalue weighted by molar-refractivity contribution is 7.22. The zero-order chi connectivity index (χ0) is 26.6. The molecule has 2 N–H and O–H groups in total. The van der Waals surface area contributed by atoms with Crippen LogP contribution in [0, 0.1) is 11.6 Å². The summed E-state index contributed by atoms with van der Waals surface area (Å²) < 4.78 is 73.3. The number of anilines is 2. The average molecular weight is 535 g/mol. The van der Waals surface area contributed by atoms with Crippen LogP contribution in [0.3, 0.4) is 0 Å². The highest BCUT2D eigenvalue weighted by Gasteiger charge is 2.38. The van der Waals surface area contributed by atoms with Gasteiger partial charge in [-0.1, -0.05) is 17.9 Å². The van der Waals surface area contributed by atoms with E-state index in [4.69, 9.17) is 5.73 Å². The summed E-state index contributed by atoms with van der Waals surface area (Å²) in [4.78, 5) is 27.2. The number of rotatable bonds is 4. The number of likely N-dealkylation sites (N-methyl/N-ethyl adjacent to an activating group) is 1. The first kappa shape index (κ1) is 24.8. The Morgan fingerprint density at radius 2 is 2.03 bits per heavy atom. The van der Waals surface area contributed by atoms with E-state index >= 15 is 4.39 Å². The lowest BCUT2D eigenvalue weighted by molar-refractivity contribution is -0.137. The Balaban J connectivity index is 1.71. The Bertz CT molecular complexity index is 1570. The highest BCUT2D eigenvalue weighted by Crippen LogP contribution is 2.45. The quantitative estimate of drug-likeness (QED) is 0.293. The molecule has 3 heterocycles. The molecular weight excluding hydrogens is 515 g/mol. The molecule has 1 aliphatic rings. The van der Waals surface area contributed by atoms with E-state index in [-0.39, 0.29) is 49.6 Å². The second-order valence-corrected chi connectivity index (χ2v) is 9.60. The van der Waals surface area contributed by atoms with E-state index in [1.165, 1.54) is 6.08 Å². The predicted octanol–water partition coefficient (Wildman–Crippen LogP) is 5.01. The monoisotopic (exact) mass is 534 g/mol. The Labute approximate surface area is 211 Å². The lowest BCUT2D eigenvalue weighted by Gasteiger charge is -2.27. The van der Waals surface area contributed by atoms with E-state index in [0.29, 0.717) is 19.5 Å². The summed E-state index contributed by atoms with van der Waals surface area (Å²) in [5.41, 5.74) is 2.84. The molecular formula is C24H19F5N6OS. The molecule has 37 heavy (non-hydrogen) atoms. The van der Waals surface area contributed by atoms with Gasteiger partial charge in [-0.3, -0.25) is 4.79 Å². The van der Waals surface area contributed by atoms with Crippen molar-refractivity contribution in [2.75, 3.05) is 30.8 Å². The molecule has 1 fully saturated rings. The van der Waals surface area contributed by atoms with Gasteiger partial charge < -0.3 is 15.5 Å². The lowest BCUT2D eigenvalue weighted by atomic mass is 9.95. The Morgan fingerprint density at radius 3 is 2.73 bits per heavy atom. The van der Waals surface area contributed by atoms with Gasteiger partial charge in [-0.15, -0.1) is 0 Å². The number of halogens is 5. The second kappa shape index (κ2) is 8.91. The van der Waals surface area contributed by atoms with Gasteiger partial charge in [0.1, 0.15) is 23.5 Å². The van der Waals surface area contributed by atoms with Gasteiger partial charge in [-0.05, 0) is 30.7 Å². The van der Waals surface area contributed by atoms with Crippen molar-refractivity contribution in [2.24, 2.45) is 0 Å². The van der Waals surface area contributed by atoms with Crippen LogP contribution in [0.1, 0.15) is 12.0 Å². The fourth-order valence-electron chi connectivity index (χ4n) is 4.67. The zero-order valence-electron chi connectivity index (χ0n) is 19.3. The summed E-state index contributed by atoms with van der Waals surface area (Å²) in [6, 6.07) is 2.53. The first-order valence-corrected chi connectivity index (χ1v) is 11.9. The smallest absolute Gasteiger partial charge is 0.375 e. The molecule has 2 aromatic carbocycles. The van der Waals surface area contributed by atoms with Gasteiger partial charge in [0.25, 0.3) is 0 Å². The standard InChI is InChI=1S/C24H19F5N6OS/c1-3-16(36)35-7-6-11(9-35)34(2)22-13-8-14(24(27,28)29)17(18(26)19(13)31-10-32-22)12-4-5-15(25)21-20(12)33-23(30)37-21/h3-5,8,10-11H,1,6-7,9H2,2H3,(H2,30,33). The maximum Gasteiger partial charge on any atom is 0.417 e. The van der Waals surface area contributed by atoms with Crippen molar-refractivity contribution in [3.05, 3.63) is 54.4 Å². The van der Waals surface area contributed by atoms with Crippen LogP contribution in [-0.2, 0) is 11.0 Å². The Morgan fingerprint density at radius 1 is 1.27 bits per heavy atom. The van der Waals surface area contributed by atoms with Gasteiger partial charge in [0, 0.05) is 42.7 Å². The third kappa shape index (κ3) is 4.12.